The van der Waals surface area contributed by atoms with Gasteiger partial charge in [-0.15, -0.1) is 0 Å². The van der Waals surface area contributed by atoms with E-state index in [0.717, 1.165) is 5.56 Å². The molecule has 0 unspecified atom stereocenters. The van der Waals surface area contributed by atoms with Crippen molar-refractivity contribution in [3.05, 3.63) is 42.0 Å². The van der Waals surface area contributed by atoms with Gasteiger partial charge >= 0.3 is 5.97 Å². The first-order valence-corrected chi connectivity index (χ1v) is 4.22. The SMILES string of the molecule is O=C(O)CCC=Cc1ccccc1. The van der Waals surface area contributed by atoms with Gasteiger partial charge < -0.3 is 5.11 Å². The molecule has 0 heterocycles. The molecule has 2 heteroatoms. The van der Waals surface area contributed by atoms with Crippen molar-refractivity contribution in [2.45, 2.75) is 12.8 Å². The largest absolute Gasteiger partial charge is 0.481 e. The Morgan fingerprint density at radius 3 is 2.62 bits per heavy atom. The van der Waals surface area contributed by atoms with Gasteiger partial charge in [-0.2, -0.15) is 0 Å². The third kappa shape index (κ3) is 4.11. The van der Waals surface area contributed by atoms with Crippen LogP contribution in [-0.4, -0.2) is 11.1 Å². The highest BCUT2D eigenvalue weighted by molar-refractivity contribution is 5.67. The minimum atomic E-state index is -0.752. The van der Waals surface area contributed by atoms with Crippen LogP contribution in [0.4, 0.5) is 0 Å². The number of allylic oxidation sites excluding steroid dienone is 1. The maximum Gasteiger partial charge on any atom is 0.303 e. The average molecular weight is 176 g/mol. The molecule has 0 bridgehead atoms. The Labute approximate surface area is 77.5 Å². The van der Waals surface area contributed by atoms with E-state index in [0.29, 0.717) is 6.42 Å². The van der Waals surface area contributed by atoms with Crippen molar-refractivity contribution >= 4 is 12.0 Å². The minimum Gasteiger partial charge on any atom is -0.481 e. The summed E-state index contributed by atoms with van der Waals surface area (Å²) in [5.41, 5.74) is 1.10. The number of hydrogen-bond donors (Lipinski definition) is 1. The maximum atomic E-state index is 10.2. The first-order chi connectivity index (χ1) is 6.29. The van der Waals surface area contributed by atoms with Crippen molar-refractivity contribution in [3.8, 4) is 0 Å². The van der Waals surface area contributed by atoms with Gasteiger partial charge in [0.15, 0.2) is 0 Å². The standard InChI is InChI=1S/C11H12O2/c12-11(13)9-5-4-8-10-6-2-1-3-7-10/h1-4,6-8H,5,9H2,(H,12,13). The van der Waals surface area contributed by atoms with Gasteiger partial charge in [0.1, 0.15) is 0 Å². The van der Waals surface area contributed by atoms with Crippen LogP contribution in [0.15, 0.2) is 36.4 Å². The lowest BCUT2D eigenvalue weighted by molar-refractivity contribution is -0.136. The first kappa shape index (κ1) is 9.52. The fraction of sp³-hybridized carbons (Fsp3) is 0.182. The van der Waals surface area contributed by atoms with E-state index in [2.05, 4.69) is 0 Å². The molecule has 0 aromatic heterocycles. The van der Waals surface area contributed by atoms with E-state index < -0.39 is 5.97 Å². The number of carbonyl (C=O) groups is 1. The number of carboxylic acid groups (broad SMARTS) is 1. The van der Waals surface area contributed by atoms with E-state index in [4.69, 9.17) is 5.11 Å². The molecule has 0 saturated heterocycles. The van der Waals surface area contributed by atoms with Crippen molar-refractivity contribution in [2.24, 2.45) is 0 Å². The lowest BCUT2D eigenvalue weighted by Crippen LogP contribution is -1.91. The lowest BCUT2D eigenvalue weighted by atomic mass is 10.2. The van der Waals surface area contributed by atoms with Crippen LogP contribution in [0.3, 0.4) is 0 Å². The molecule has 13 heavy (non-hydrogen) atoms. The normalized spacial score (nSPS) is 10.5. The summed E-state index contributed by atoms with van der Waals surface area (Å²) in [6.45, 7) is 0. The van der Waals surface area contributed by atoms with E-state index in [1.54, 1.807) is 0 Å². The highest BCUT2D eigenvalue weighted by atomic mass is 16.4. The second kappa shape index (κ2) is 5.14. The van der Waals surface area contributed by atoms with Gasteiger partial charge in [0.2, 0.25) is 0 Å². The highest BCUT2D eigenvalue weighted by Crippen LogP contribution is 2.02. The van der Waals surface area contributed by atoms with Gasteiger partial charge in [-0.05, 0) is 12.0 Å². The fourth-order valence-corrected chi connectivity index (χ4v) is 0.990. The molecule has 1 aromatic rings. The van der Waals surface area contributed by atoms with Gasteiger partial charge in [-0.3, -0.25) is 4.79 Å². The van der Waals surface area contributed by atoms with E-state index in [-0.39, 0.29) is 6.42 Å². The van der Waals surface area contributed by atoms with Crippen molar-refractivity contribution in [3.63, 3.8) is 0 Å². The van der Waals surface area contributed by atoms with E-state index in [1.165, 1.54) is 0 Å². The van der Waals surface area contributed by atoms with Crippen LogP contribution in [0.5, 0.6) is 0 Å². The molecule has 68 valence electrons. The van der Waals surface area contributed by atoms with Crippen molar-refractivity contribution in [1.82, 2.24) is 0 Å². The number of aliphatic carboxylic acids is 1. The smallest absolute Gasteiger partial charge is 0.303 e. The quantitative estimate of drug-likeness (QED) is 0.765. The molecule has 0 aliphatic heterocycles. The maximum absolute atomic E-state index is 10.2. The topological polar surface area (TPSA) is 37.3 Å². The Morgan fingerprint density at radius 1 is 1.31 bits per heavy atom. The van der Waals surface area contributed by atoms with Crippen LogP contribution >= 0.6 is 0 Å². The van der Waals surface area contributed by atoms with Crippen molar-refractivity contribution in [2.75, 3.05) is 0 Å². The second-order valence-electron chi connectivity index (χ2n) is 2.75. The molecule has 1 aromatic carbocycles. The highest BCUT2D eigenvalue weighted by Gasteiger charge is 1.91. The summed E-state index contributed by atoms with van der Waals surface area (Å²) in [6.07, 6.45) is 4.60. The summed E-state index contributed by atoms with van der Waals surface area (Å²) in [6, 6.07) is 9.83. The zero-order chi connectivity index (χ0) is 9.52. The van der Waals surface area contributed by atoms with Crippen LogP contribution in [0, 0.1) is 0 Å². The minimum absolute atomic E-state index is 0.198. The van der Waals surface area contributed by atoms with Gasteiger partial charge in [-0.1, -0.05) is 42.5 Å². The van der Waals surface area contributed by atoms with E-state index >= 15 is 0 Å². The molecule has 0 atom stereocenters. The zero-order valence-electron chi connectivity index (χ0n) is 7.31. The Kier molecular flexibility index (Phi) is 3.76. The monoisotopic (exact) mass is 176 g/mol. The molecule has 0 radical (unpaired) electrons. The van der Waals surface area contributed by atoms with Gasteiger partial charge in [-0.25, -0.2) is 0 Å². The summed E-state index contributed by atoms with van der Waals surface area (Å²) in [5.74, 6) is -0.752. The number of hydrogen-bond acceptors (Lipinski definition) is 1. The Balaban J connectivity index is 2.37. The zero-order valence-corrected chi connectivity index (χ0v) is 7.31. The first-order valence-electron chi connectivity index (χ1n) is 4.22. The molecular formula is C11H12O2. The van der Waals surface area contributed by atoms with Crippen molar-refractivity contribution in [1.29, 1.82) is 0 Å². The molecule has 0 fully saturated rings. The van der Waals surface area contributed by atoms with Crippen LogP contribution in [0.25, 0.3) is 6.08 Å². The van der Waals surface area contributed by atoms with E-state index in [1.807, 2.05) is 42.5 Å². The Bertz CT molecular complexity index is 288. The molecule has 0 amide bonds. The molecule has 0 saturated carbocycles. The number of benzene rings is 1. The molecule has 1 N–H and O–H groups in total. The predicted molar refractivity (Wildman–Crippen MR) is 52.3 cm³/mol. The Morgan fingerprint density at radius 2 is 2.00 bits per heavy atom. The third-order valence-electron chi connectivity index (χ3n) is 1.63. The van der Waals surface area contributed by atoms with Gasteiger partial charge in [0.05, 0.1) is 0 Å². The van der Waals surface area contributed by atoms with Crippen molar-refractivity contribution < 1.29 is 9.90 Å². The second-order valence-corrected chi connectivity index (χ2v) is 2.75. The molecule has 2 nitrogen and oxygen atoms in total. The van der Waals surface area contributed by atoms with Crippen LogP contribution < -0.4 is 0 Å². The predicted octanol–water partition coefficient (Wildman–Crippen LogP) is 2.56. The molecule has 0 aliphatic rings. The lowest BCUT2D eigenvalue weighted by Gasteiger charge is -1.90. The van der Waals surface area contributed by atoms with Crippen LogP contribution in [0.2, 0.25) is 0 Å². The van der Waals surface area contributed by atoms with Crippen LogP contribution in [-0.2, 0) is 4.79 Å². The van der Waals surface area contributed by atoms with Gasteiger partial charge in [0, 0.05) is 6.42 Å². The summed E-state index contributed by atoms with van der Waals surface area (Å²) < 4.78 is 0. The fourth-order valence-electron chi connectivity index (χ4n) is 0.990. The number of rotatable bonds is 4. The molecule has 0 aliphatic carbocycles. The third-order valence-corrected chi connectivity index (χ3v) is 1.63. The van der Waals surface area contributed by atoms with E-state index in [9.17, 15) is 4.79 Å². The number of carboxylic acids is 1. The van der Waals surface area contributed by atoms with Gasteiger partial charge in [0.25, 0.3) is 0 Å². The summed E-state index contributed by atoms with van der Waals surface area (Å²) in [7, 11) is 0. The average Bonchev–Trinajstić information content (AvgIpc) is 2.14. The summed E-state index contributed by atoms with van der Waals surface area (Å²) in [5, 5.41) is 8.38. The Hall–Kier alpha value is -1.57. The molecule has 1 rings (SSSR count). The molecule has 0 spiro atoms. The summed E-state index contributed by atoms with van der Waals surface area (Å²) in [4.78, 5) is 10.2. The van der Waals surface area contributed by atoms with Crippen LogP contribution in [0.1, 0.15) is 18.4 Å². The molecular weight excluding hydrogens is 164 g/mol. The summed E-state index contributed by atoms with van der Waals surface area (Å²) >= 11 is 0.